The lowest BCUT2D eigenvalue weighted by molar-refractivity contribution is -0.123. The molecule has 2 N–H and O–H groups in total. The van der Waals surface area contributed by atoms with Crippen molar-refractivity contribution in [1.82, 2.24) is 9.97 Å². The molecule has 0 bridgehead atoms. The van der Waals surface area contributed by atoms with Crippen LogP contribution >= 0.6 is 11.3 Å². The number of amides is 1. The average molecular weight is 433 g/mol. The first kappa shape index (κ1) is 20.5. The van der Waals surface area contributed by atoms with Crippen LogP contribution in [0.2, 0.25) is 0 Å². The molecule has 0 aliphatic rings. The normalized spacial score (nSPS) is 11.6. The van der Waals surface area contributed by atoms with Crippen molar-refractivity contribution in [2.75, 3.05) is 10.6 Å². The second-order valence-electron chi connectivity index (χ2n) is 6.79. The van der Waals surface area contributed by atoms with E-state index < -0.39 is 18.0 Å². The highest BCUT2D eigenvalue weighted by Gasteiger charge is 2.21. The van der Waals surface area contributed by atoms with E-state index in [2.05, 4.69) is 20.6 Å². The third-order valence-electron chi connectivity index (χ3n) is 4.56. The van der Waals surface area contributed by atoms with E-state index in [0.717, 1.165) is 16.5 Å². The summed E-state index contributed by atoms with van der Waals surface area (Å²) >= 11 is 1.31. The van der Waals surface area contributed by atoms with E-state index in [4.69, 9.17) is 4.74 Å². The molecule has 31 heavy (non-hydrogen) atoms. The number of carbonyl (C=O) groups is 2. The van der Waals surface area contributed by atoms with Crippen molar-refractivity contribution in [2.45, 2.75) is 19.6 Å². The number of hydrogen-bond donors (Lipinski definition) is 2. The zero-order valence-electron chi connectivity index (χ0n) is 16.7. The Balaban J connectivity index is 1.35. The van der Waals surface area contributed by atoms with Crippen molar-refractivity contribution in [2.24, 2.45) is 0 Å². The van der Waals surface area contributed by atoms with Gasteiger partial charge in [0.1, 0.15) is 0 Å². The lowest BCUT2D eigenvalue weighted by Gasteiger charge is -2.14. The first-order chi connectivity index (χ1) is 15.1. The third kappa shape index (κ3) is 5.04. The molecular weight excluding hydrogens is 412 g/mol. The molecule has 4 aromatic rings. The van der Waals surface area contributed by atoms with E-state index in [1.165, 1.54) is 18.3 Å². The Morgan fingerprint density at radius 1 is 1.06 bits per heavy atom. The number of anilines is 2. The zero-order chi connectivity index (χ0) is 21.6. The van der Waals surface area contributed by atoms with E-state index in [0.29, 0.717) is 17.4 Å². The Morgan fingerprint density at radius 2 is 1.90 bits per heavy atom. The number of benzene rings is 2. The van der Waals surface area contributed by atoms with Crippen LogP contribution in [0.3, 0.4) is 0 Å². The zero-order valence-corrected chi connectivity index (χ0v) is 17.6. The second kappa shape index (κ2) is 9.36. The van der Waals surface area contributed by atoms with Gasteiger partial charge in [0, 0.05) is 23.5 Å². The Labute approximate surface area is 183 Å². The summed E-state index contributed by atoms with van der Waals surface area (Å²) in [5.41, 5.74) is 2.65. The first-order valence-electron chi connectivity index (χ1n) is 9.69. The topological polar surface area (TPSA) is 93.2 Å². The minimum absolute atomic E-state index is 0.162. The molecule has 0 saturated heterocycles. The third-order valence-corrected chi connectivity index (χ3v) is 5.36. The van der Waals surface area contributed by atoms with E-state index >= 15 is 0 Å². The maximum atomic E-state index is 12.5. The molecule has 7 nitrogen and oxygen atoms in total. The molecule has 8 heteroatoms. The predicted molar refractivity (Wildman–Crippen MR) is 121 cm³/mol. The molecule has 2 aromatic heterocycles. The Hall–Kier alpha value is -3.78. The summed E-state index contributed by atoms with van der Waals surface area (Å²) in [6.45, 7) is 2.12. The standard InChI is InChI=1S/C23H20N4O3S/c1-15(21(28)26-19-11-5-10-18-17(19)9-6-12-24-18)30-22(29)20-14-31-23(27-20)25-13-16-7-3-2-4-8-16/h2-12,14-15H,13H2,1H3,(H,25,27)(H,26,28). The largest absolute Gasteiger partial charge is 0.448 e. The fraction of sp³-hybridized carbons (Fsp3) is 0.130. The van der Waals surface area contributed by atoms with Crippen molar-refractivity contribution in [3.8, 4) is 0 Å². The molecule has 1 amide bonds. The highest BCUT2D eigenvalue weighted by molar-refractivity contribution is 7.13. The number of rotatable bonds is 7. The molecule has 0 spiro atoms. The number of pyridine rings is 1. The van der Waals surface area contributed by atoms with Crippen molar-refractivity contribution < 1.29 is 14.3 Å². The summed E-state index contributed by atoms with van der Waals surface area (Å²) in [6, 6.07) is 19.0. The smallest absolute Gasteiger partial charge is 0.358 e. The molecule has 2 heterocycles. The Kier molecular flexibility index (Phi) is 6.18. The summed E-state index contributed by atoms with van der Waals surface area (Å²) in [7, 11) is 0. The van der Waals surface area contributed by atoms with Crippen molar-refractivity contribution >= 4 is 44.9 Å². The summed E-state index contributed by atoms with van der Waals surface area (Å²) in [4.78, 5) is 33.5. The molecule has 156 valence electrons. The van der Waals surface area contributed by atoms with Crippen molar-refractivity contribution in [3.63, 3.8) is 0 Å². The number of thiazole rings is 1. The minimum Gasteiger partial charge on any atom is -0.448 e. The quantitative estimate of drug-likeness (QED) is 0.418. The van der Waals surface area contributed by atoms with Gasteiger partial charge >= 0.3 is 5.97 Å². The molecule has 0 radical (unpaired) electrons. The van der Waals surface area contributed by atoms with Crippen LogP contribution < -0.4 is 10.6 Å². The lowest BCUT2D eigenvalue weighted by Crippen LogP contribution is -2.30. The number of nitrogens with one attached hydrogen (secondary N) is 2. The summed E-state index contributed by atoms with van der Waals surface area (Å²) in [6.07, 6.45) is 0.705. The van der Waals surface area contributed by atoms with Gasteiger partial charge in [0.15, 0.2) is 16.9 Å². The number of ether oxygens (including phenoxy) is 1. The van der Waals surface area contributed by atoms with Crippen LogP contribution in [-0.2, 0) is 16.1 Å². The minimum atomic E-state index is -0.984. The van der Waals surface area contributed by atoms with E-state index in [-0.39, 0.29) is 5.69 Å². The van der Waals surface area contributed by atoms with E-state index in [1.54, 1.807) is 29.8 Å². The van der Waals surface area contributed by atoms with Crippen LogP contribution in [0, 0.1) is 0 Å². The Bertz CT molecular complexity index is 1200. The van der Waals surface area contributed by atoms with E-state index in [9.17, 15) is 9.59 Å². The number of hydrogen-bond acceptors (Lipinski definition) is 7. The van der Waals surface area contributed by atoms with Crippen molar-refractivity contribution in [3.05, 3.63) is 83.5 Å². The highest BCUT2D eigenvalue weighted by atomic mass is 32.1. The molecule has 0 aliphatic heterocycles. The lowest BCUT2D eigenvalue weighted by atomic mass is 10.2. The summed E-state index contributed by atoms with van der Waals surface area (Å²) in [5, 5.41) is 9.00. The molecule has 2 aromatic carbocycles. The molecule has 0 aliphatic carbocycles. The van der Waals surface area contributed by atoms with Gasteiger partial charge in [-0.2, -0.15) is 0 Å². The van der Waals surface area contributed by atoms with Crippen molar-refractivity contribution in [1.29, 1.82) is 0 Å². The highest BCUT2D eigenvalue weighted by Crippen LogP contribution is 2.22. The molecular formula is C23H20N4O3S. The SMILES string of the molecule is CC(OC(=O)c1csc(NCc2ccccc2)n1)C(=O)Nc1cccc2ncccc12. The fourth-order valence-corrected chi connectivity index (χ4v) is 3.62. The predicted octanol–water partition coefficient (Wildman–Crippen LogP) is 4.49. The number of carbonyl (C=O) groups excluding carboxylic acids is 2. The van der Waals surface area contributed by atoms with Crippen LogP contribution in [0.15, 0.2) is 72.2 Å². The van der Waals surface area contributed by atoms with Gasteiger partial charge in [-0.15, -0.1) is 11.3 Å². The van der Waals surface area contributed by atoms with Crippen LogP contribution in [0.25, 0.3) is 10.9 Å². The fourth-order valence-electron chi connectivity index (χ4n) is 2.94. The van der Waals surface area contributed by atoms with Gasteiger partial charge < -0.3 is 15.4 Å². The number of fused-ring (bicyclic) bond motifs is 1. The Morgan fingerprint density at radius 3 is 2.74 bits per heavy atom. The molecule has 4 rings (SSSR count). The molecule has 1 unspecified atom stereocenters. The van der Waals surface area contributed by atoms with Gasteiger partial charge in [0.05, 0.1) is 11.2 Å². The summed E-state index contributed by atoms with van der Waals surface area (Å²) in [5.74, 6) is -1.08. The van der Waals surface area contributed by atoms with Crippen LogP contribution in [0.5, 0.6) is 0 Å². The van der Waals surface area contributed by atoms with Gasteiger partial charge in [-0.3, -0.25) is 9.78 Å². The molecule has 0 saturated carbocycles. The second-order valence-corrected chi connectivity index (χ2v) is 7.65. The van der Waals surface area contributed by atoms with Crippen LogP contribution in [-0.4, -0.2) is 27.9 Å². The van der Waals surface area contributed by atoms with E-state index in [1.807, 2.05) is 42.5 Å². The number of nitrogens with zero attached hydrogens (tertiary/aromatic N) is 2. The maximum absolute atomic E-state index is 12.5. The van der Waals surface area contributed by atoms with Crippen LogP contribution in [0.4, 0.5) is 10.8 Å². The average Bonchev–Trinajstić information content (AvgIpc) is 3.28. The number of esters is 1. The van der Waals surface area contributed by atoms with Gasteiger partial charge in [-0.25, -0.2) is 9.78 Å². The van der Waals surface area contributed by atoms with Crippen LogP contribution in [0.1, 0.15) is 23.0 Å². The number of aromatic nitrogens is 2. The molecule has 0 fully saturated rings. The first-order valence-corrected chi connectivity index (χ1v) is 10.6. The monoisotopic (exact) mass is 432 g/mol. The summed E-state index contributed by atoms with van der Waals surface area (Å²) < 4.78 is 5.31. The van der Waals surface area contributed by atoms with Gasteiger partial charge in [-0.1, -0.05) is 36.4 Å². The van der Waals surface area contributed by atoms with Gasteiger partial charge in [-0.05, 0) is 36.8 Å². The van der Waals surface area contributed by atoms with Gasteiger partial charge in [0.2, 0.25) is 0 Å². The van der Waals surface area contributed by atoms with Gasteiger partial charge in [0.25, 0.3) is 5.91 Å². The molecule has 1 atom stereocenters. The maximum Gasteiger partial charge on any atom is 0.358 e.